The highest BCUT2D eigenvalue weighted by Crippen LogP contribution is 2.32. The number of aromatic nitrogens is 1. The van der Waals surface area contributed by atoms with Gasteiger partial charge in [0.05, 0.1) is 11.1 Å². The van der Waals surface area contributed by atoms with Gasteiger partial charge in [0.1, 0.15) is 0 Å². The third-order valence-corrected chi connectivity index (χ3v) is 4.07. The van der Waals surface area contributed by atoms with E-state index in [0.717, 1.165) is 23.2 Å². The van der Waals surface area contributed by atoms with Crippen LogP contribution in [-0.2, 0) is 0 Å². The number of nitrogens with zero attached hydrogens (tertiary/aromatic N) is 1. The second-order valence-corrected chi connectivity index (χ2v) is 5.65. The summed E-state index contributed by atoms with van der Waals surface area (Å²) in [5.41, 5.74) is 6.89. The van der Waals surface area contributed by atoms with E-state index in [9.17, 15) is 0 Å². The summed E-state index contributed by atoms with van der Waals surface area (Å²) in [5.74, 6) is 1.91. The number of nitrogens with two attached hydrogens (primary N) is 1. The van der Waals surface area contributed by atoms with Crippen LogP contribution in [0.1, 0.15) is 24.8 Å². The van der Waals surface area contributed by atoms with Crippen molar-refractivity contribution in [3.8, 4) is 5.88 Å². The first-order valence-corrected chi connectivity index (χ1v) is 6.95. The molecule has 0 bridgehead atoms. The molecule has 0 radical (unpaired) electrons. The van der Waals surface area contributed by atoms with E-state index in [2.05, 4.69) is 20.9 Å². The van der Waals surface area contributed by atoms with Crippen molar-refractivity contribution in [3.63, 3.8) is 0 Å². The maximum atomic E-state index is 5.79. The van der Waals surface area contributed by atoms with E-state index in [1.54, 1.807) is 0 Å². The minimum absolute atomic E-state index is 0.593. The molecule has 0 amide bonds. The molecule has 3 nitrogen and oxygen atoms in total. The van der Waals surface area contributed by atoms with Crippen LogP contribution in [0.15, 0.2) is 16.7 Å². The molecule has 1 aliphatic rings. The van der Waals surface area contributed by atoms with Crippen LogP contribution < -0.4 is 10.5 Å². The fourth-order valence-electron chi connectivity index (χ4n) is 2.46. The molecule has 2 atom stereocenters. The van der Waals surface area contributed by atoms with Crippen LogP contribution in [0.4, 0.5) is 0 Å². The minimum Gasteiger partial charge on any atom is -0.477 e. The molecule has 1 heterocycles. The number of halogens is 1. The van der Waals surface area contributed by atoms with Crippen molar-refractivity contribution < 1.29 is 4.74 Å². The highest BCUT2D eigenvalue weighted by atomic mass is 79.9. The molecule has 94 valence electrons. The van der Waals surface area contributed by atoms with Crippen LogP contribution in [0.25, 0.3) is 0 Å². The molecule has 1 saturated carbocycles. The van der Waals surface area contributed by atoms with Crippen molar-refractivity contribution in [1.29, 1.82) is 0 Å². The van der Waals surface area contributed by atoms with Crippen LogP contribution in [0.2, 0.25) is 0 Å². The summed E-state index contributed by atoms with van der Waals surface area (Å²) in [6, 6.07) is 2.03. The lowest BCUT2D eigenvalue weighted by molar-refractivity contribution is 0.209. The molecule has 0 aliphatic heterocycles. The Kier molecular flexibility index (Phi) is 4.40. The Morgan fingerprint density at radius 3 is 2.94 bits per heavy atom. The highest BCUT2D eigenvalue weighted by molar-refractivity contribution is 9.10. The van der Waals surface area contributed by atoms with E-state index >= 15 is 0 Å². The van der Waals surface area contributed by atoms with Crippen molar-refractivity contribution in [1.82, 2.24) is 4.98 Å². The first-order valence-electron chi connectivity index (χ1n) is 6.15. The second kappa shape index (κ2) is 5.83. The first kappa shape index (κ1) is 12.8. The number of aryl methyl sites for hydroxylation is 1. The van der Waals surface area contributed by atoms with Crippen LogP contribution in [0, 0.1) is 18.8 Å². The molecule has 1 aromatic heterocycles. The van der Waals surface area contributed by atoms with Gasteiger partial charge < -0.3 is 10.5 Å². The topological polar surface area (TPSA) is 48.1 Å². The van der Waals surface area contributed by atoms with E-state index < -0.39 is 0 Å². The molecule has 0 spiro atoms. The van der Waals surface area contributed by atoms with E-state index in [1.807, 2.05) is 19.2 Å². The quantitative estimate of drug-likeness (QED) is 0.930. The fourth-order valence-corrected chi connectivity index (χ4v) is 3.03. The van der Waals surface area contributed by atoms with Crippen LogP contribution in [-0.4, -0.2) is 18.1 Å². The predicted molar refractivity (Wildman–Crippen MR) is 72.1 cm³/mol. The van der Waals surface area contributed by atoms with E-state index in [4.69, 9.17) is 10.5 Å². The van der Waals surface area contributed by atoms with Gasteiger partial charge >= 0.3 is 0 Å². The van der Waals surface area contributed by atoms with Crippen molar-refractivity contribution >= 4 is 15.9 Å². The van der Waals surface area contributed by atoms with Gasteiger partial charge in [-0.2, -0.15) is 0 Å². The van der Waals surface area contributed by atoms with Crippen LogP contribution in [0.3, 0.4) is 0 Å². The van der Waals surface area contributed by atoms with Crippen molar-refractivity contribution in [2.45, 2.75) is 26.2 Å². The molecule has 1 fully saturated rings. The average molecular weight is 299 g/mol. The molecule has 1 aliphatic carbocycles. The van der Waals surface area contributed by atoms with Gasteiger partial charge in [-0.3, -0.25) is 0 Å². The standard InChI is InChI=1S/C13H19BrN2O/c1-9-5-12(14)13(16-7-9)17-8-11-4-2-3-10(11)6-15/h5,7,10-11H,2-4,6,8,15H2,1H3. The van der Waals surface area contributed by atoms with Crippen molar-refractivity contribution in [3.05, 3.63) is 22.3 Å². The molecule has 2 unspecified atom stereocenters. The zero-order chi connectivity index (χ0) is 12.3. The van der Waals surface area contributed by atoms with E-state index in [0.29, 0.717) is 17.7 Å². The SMILES string of the molecule is Cc1cnc(OCC2CCCC2CN)c(Br)c1. The van der Waals surface area contributed by atoms with Gasteiger partial charge in [-0.1, -0.05) is 6.42 Å². The Morgan fingerprint density at radius 1 is 1.47 bits per heavy atom. The first-order chi connectivity index (χ1) is 8.20. The molecular weight excluding hydrogens is 280 g/mol. The van der Waals surface area contributed by atoms with Gasteiger partial charge in [0.15, 0.2) is 0 Å². The smallest absolute Gasteiger partial charge is 0.227 e. The number of hydrogen-bond donors (Lipinski definition) is 1. The molecule has 2 rings (SSSR count). The summed E-state index contributed by atoms with van der Waals surface area (Å²) in [4.78, 5) is 4.29. The molecule has 0 saturated heterocycles. The van der Waals surface area contributed by atoms with Gasteiger partial charge in [0, 0.05) is 6.20 Å². The summed E-state index contributed by atoms with van der Waals surface area (Å²) < 4.78 is 6.72. The molecule has 4 heteroatoms. The maximum absolute atomic E-state index is 5.79. The van der Waals surface area contributed by atoms with Gasteiger partial charge in [0.25, 0.3) is 0 Å². The molecule has 2 N–H and O–H groups in total. The predicted octanol–water partition coefficient (Wildman–Crippen LogP) is 2.91. The zero-order valence-corrected chi connectivity index (χ0v) is 11.7. The second-order valence-electron chi connectivity index (χ2n) is 4.80. The summed E-state index contributed by atoms with van der Waals surface area (Å²) >= 11 is 3.48. The number of pyridine rings is 1. The molecule has 0 aromatic carbocycles. The lowest BCUT2D eigenvalue weighted by Crippen LogP contribution is -2.23. The average Bonchev–Trinajstić information content (AvgIpc) is 2.75. The number of hydrogen-bond acceptors (Lipinski definition) is 3. The third kappa shape index (κ3) is 3.19. The van der Waals surface area contributed by atoms with Crippen molar-refractivity contribution in [2.75, 3.05) is 13.2 Å². The summed E-state index contributed by atoms with van der Waals surface area (Å²) in [6.45, 7) is 3.52. The maximum Gasteiger partial charge on any atom is 0.227 e. The summed E-state index contributed by atoms with van der Waals surface area (Å²) in [7, 11) is 0. The Morgan fingerprint density at radius 2 is 2.24 bits per heavy atom. The number of rotatable bonds is 4. The normalized spacial score (nSPS) is 23.9. The Balaban J connectivity index is 1.93. The van der Waals surface area contributed by atoms with Gasteiger partial charge in [-0.15, -0.1) is 0 Å². The minimum atomic E-state index is 0.593. The lowest BCUT2D eigenvalue weighted by Gasteiger charge is -2.18. The summed E-state index contributed by atoms with van der Waals surface area (Å²) in [6.07, 6.45) is 5.58. The molecule has 1 aromatic rings. The van der Waals surface area contributed by atoms with E-state index in [1.165, 1.54) is 19.3 Å². The monoisotopic (exact) mass is 298 g/mol. The van der Waals surface area contributed by atoms with Crippen LogP contribution in [0.5, 0.6) is 5.88 Å². The highest BCUT2D eigenvalue weighted by Gasteiger charge is 2.26. The van der Waals surface area contributed by atoms with Crippen LogP contribution >= 0.6 is 15.9 Å². The van der Waals surface area contributed by atoms with Gasteiger partial charge in [-0.25, -0.2) is 4.98 Å². The van der Waals surface area contributed by atoms with E-state index in [-0.39, 0.29) is 0 Å². The Labute approximate surface area is 111 Å². The fraction of sp³-hybridized carbons (Fsp3) is 0.615. The Bertz CT molecular complexity index is 384. The third-order valence-electron chi connectivity index (χ3n) is 3.50. The largest absolute Gasteiger partial charge is 0.477 e. The molecule has 17 heavy (non-hydrogen) atoms. The van der Waals surface area contributed by atoms with Crippen molar-refractivity contribution in [2.24, 2.45) is 17.6 Å². The molecular formula is C13H19BrN2O. The Hall–Kier alpha value is -0.610. The number of ether oxygens (including phenoxy) is 1. The lowest BCUT2D eigenvalue weighted by atomic mass is 9.97. The van der Waals surface area contributed by atoms with Gasteiger partial charge in [0.2, 0.25) is 5.88 Å². The van der Waals surface area contributed by atoms with Gasteiger partial charge in [-0.05, 0) is 65.7 Å². The summed E-state index contributed by atoms with van der Waals surface area (Å²) in [5, 5.41) is 0. The zero-order valence-electron chi connectivity index (χ0n) is 10.2.